The van der Waals surface area contributed by atoms with Crippen molar-refractivity contribution in [2.75, 3.05) is 7.11 Å². The number of aromatic amines is 1. The molecule has 0 amide bonds. The molecular weight excluding hydrogens is 1940 g/mol. The molecule has 0 spiro atoms. The van der Waals surface area contributed by atoms with E-state index in [1.165, 1.54) is 106 Å². The molecule has 15 aromatic heterocycles. The van der Waals surface area contributed by atoms with Gasteiger partial charge in [0.2, 0.25) is 5.88 Å². The summed E-state index contributed by atoms with van der Waals surface area (Å²) in [5, 5.41) is 0. The molecule has 22 rings (SSSR count). The number of aryl methyl sites for hydroxylation is 8. The first-order valence-corrected chi connectivity index (χ1v) is 45.4. The predicted octanol–water partition coefficient (Wildman–Crippen LogP) is 18.2. The maximum Gasteiger partial charge on any atom is 0.434 e. The highest BCUT2D eigenvalue weighted by molar-refractivity contribution is 5.79. The number of benzene rings is 5. The van der Waals surface area contributed by atoms with Crippen molar-refractivity contribution in [1.29, 1.82) is 0 Å². The number of nitrogens with zero attached hydrogens (tertiary/aromatic N) is 26. The summed E-state index contributed by atoms with van der Waals surface area (Å²) in [5.41, 5.74) is 8.91. The Morgan fingerprint density at radius 1 is 0.361 bits per heavy atom. The first-order valence-electron chi connectivity index (χ1n) is 45.4. The van der Waals surface area contributed by atoms with Crippen molar-refractivity contribution in [2.24, 2.45) is 49.3 Å². The summed E-state index contributed by atoms with van der Waals surface area (Å²) in [4.78, 5) is 118. The van der Waals surface area contributed by atoms with E-state index in [0.29, 0.717) is 113 Å². The van der Waals surface area contributed by atoms with Crippen LogP contribution in [0.15, 0.2) is 239 Å². The summed E-state index contributed by atoms with van der Waals surface area (Å²) in [6.45, 7) is 2.59. The number of ether oxygens (including phenoxy) is 1. The lowest BCUT2D eigenvalue weighted by molar-refractivity contribution is -0.141. The Labute approximate surface area is 821 Å². The standard InChI is InChI=1S/C27H23F3N6O.C26H22F3N7O.C24H18F5N7O.C24H20F3N7O2/c1-34-15-22(27(28,29)30)32-24(34)18-9-7-16(8-10-18)14-36-25-21(35(2)26(36)37)13-31-23(33-25)20-6-4-3-5-19(20)17-11-12-17;1-34-14-20(26(27,28)29)32-23(34)17-7-5-15(6-8-17)13-36-24-19(35(2)25(36)37)12-31-22(33-24)18-4-3-11-30-21(18)16-9-10-16;1-34-12-17(24(27,28)29)32-21(34)14-7-5-13(6-8-14)11-36-22-16(35(2)23(36)37)10-31-20(33-22)15-4-3-9-30-18(15)19(25)26;1-13-16(8-9-19(29-13)36-3)20-28-10-17-22(32-20)34(23(35)30-17)11-14-4-6-15(7-5-14)21-31-18(12-33(21)2)24(25,26)27/h3-10,13,15,17H,11-12,14H2,1-2H3;3-8,11-12,14,16H,9-10,13H2,1-2H3;3-10,12,19H,11H2,1-2H3;4-10,12H,11H2,1-3H3,(H,30,35). The van der Waals surface area contributed by atoms with Crippen LogP contribution in [0.4, 0.5) is 61.5 Å². The molecule has 1 N–H and O–H groups in total. The number of hydrogen-bond acceptors (Lipinski definition) is 20. The highest BCUT2D eigenvalue weighted by Gasteiger charge is 2.40. The van der Waals surface area contributed by atoms with Crippen LogP contribution >= 0.6 is 0 Å². The van der Waals surface area contributed by atoms with Gasteiger partial charge in [0.05, 0.1) is 69.5 Å². The van der Waals surface area contributed by atoms with E-state index in [9.17, 15) is 80.6 Å². The third-order valence-corrected chi connectivity index (χ3v) is 25.1. The van der Waals surface area contributed by atoms with E-state index < -0.39 is 65.3 Å². The van der Waals surface area contributed by atoms with Crippen LogP contribution in [0.25, 0.3) is 136 Å². The van der Waals surface area contributed by atoms with Crippen LogP contribution in [-0.2, 0) is 100 Å². The van der Waals surface area contributed by atoms with Gasteiger partial charge in [-0.15, -0.1) is 0 Å². The molecule has 2 aliphatic rings. The molecule has 0 atom stereocenters. The van der Waals surface area contributed by atoms with Crippen LogP contribution < -0.4 is 27.5 Å². The van der Waals surface area contributed by atoms with Crippen LogP contribution in [0.3, 0.4) is 0 Å². The zero-order valence-corrected chi connectivity index (χ0v) is 79.1. The minimum atomic E-state index is -4.56. The van der Waals surface area contributed by atoms with Crippen molar-refractivity contribution in [3.05, 3.63) is 329 Å². The van der Waals surface area contributed by atoms with Crippen molar-refractivity contribution < 1.29 is 66.2 Å². The van der Waals surface area contributed by atoms with Crippen molar-refractivity contribution in [3.8, 4) is 97.0 Å². The molecule has 750 valence electrons. The van der Waals surface area contributed by atoms with Gasteiger partial charge in [0.15, 0.2) is 68.7 Å². The molecule has 0 bridgehead atoms. The molecule has 0 saturated heterocycles. The number of rotatable bonds is 20. The Kier molecular flexibility index (Phi) is 25.9. The van der Waals surface area contributed by atoms with Gasteiger partial charge in [0, 0.05) is 143 Å². The lowest BCUT2D eigenvalue weighted by atomic mass is 10.0. The second-order valence-corrected chi connectivity index (χ2v) is 35.3. The largest absolute Gasteiger partial charge is 0.481 e. The third-order valence-electron chi connectivity index (χ3n) is 25.1. The average molecular weight is 2020 g/mol. The molecule has 5 aromatic carbocycles. The number of halogens is 14. The molecule has 32 nitrogen and oxygen atoms in total. The number of fused-ring (bicyclic) bond motifs is 4. The second-order valence-electron chi connectivity index (χ2n) is 35.3. The highest BCUT2D eigenvalue weighted by atomic mass is 19.4. The van der Waals surface area contributed by atoms with Gasteiger partial charge in [-0.1, -0.05) is 121 Å². The Morgan fingerprint density at radius 2 is 0.701 bits per heavy atom. The van der Waals surface area contributed by atoms with E-state index in [-0.39, 0.29) is 83.6 Å². The molecule has 0 aliphatic heterocycles. The van der Waals surface area contributed by atoms with Crippen LogP contribution in [0.1, 0.15) is 112 Å². The summed E-state index contributed by atoms with van der Waals surface area (Å²) in [6.07, 6.45) is -3.35. The van der Waals surface area contributed by atoms with Crippen LogP contribution in [0, 0.1) is 6.92 Å². The predicted molar refractivity (Wildman–Crippen MR) is 513 cm³/mol. The normalized spacial score (nSPS) is 13.0. The molecule has 2 saturated carbocycles. The summed E-state index contributed by atoms with van der Waals surface area (Å²) in [6, 6.07) is 45.7. The zero-order valence-electron chi connectivity index (χ0n) is 79.1. The van der Waals surface area contributed by atoms with Gasteiger partial charge in [0.25, 0.3) is 6.43 Å². The first-order chi connectivity index (χ1) is 70.1. The third kappa shape index (κ3) is 20.1. The molecule has 147 heavy (non-hydrogen) atoms. The monoisotopic (exact) mass is 2020 g/mol. The van der Waals surface area contributed by atoms with E-state index in [1.807, 2.05) is 37.3 Å². The molecule has 0 radical (unpaired) electrons. The highest BCUT2D eigenvalue weighted by Crippen LogP contribution is 2.46. The van der Waals surface area contributed by atoms with Crippen molar-refractivity contribution in [3.63, 3.8) is 0 Å². The van der Waals surface area contributed by atoms with Gasteiger partial charge >= 0.3 is 47.5 Å². The van der Waals surface area contributed by atoms with Crippen LogP contribution in [0.5, 0.6) is 5.88 Å². The smallest absolute Gasteiger partial charge is 0.434 e. The first kappa shape index (κ1) is 98.4. The minimum absolute atomic E-state index is 0.000786. The van der Waals surface area contributed by atoms with Crippen molar-refractivity contribution >= 4 is 44.7 Å². The summed E-state index contributed by atoms with van der Waals surface area (Å²) >= 11 is 0. The topological polar surface area (TPSA) is 341 Å². The number of imidazole rings is 8. The maximum absolute atomic E-state index is 13.5. The number of H-pyrrole nitrogens is 1. The molecule has 46 heteroatoms. The fourth-order valence-electron chi connectivity index (χ4n) is 17.2. The fraction of sp³-hybridized carbons (Fsp3) is 0.238. The molecule has 2 fully saturated rings. The van der Waals surface area contributed by atoms with Gasteiger partial charge in [-0.3, -0.25) is 41.9 Å². The quantitative estimate of drug-likeness (QED) is 0.0693. The molecule has 15 heterocycles. The van der Waals surface area contributed by atoms with E-state index in [1.54, 1.807) is 164 Å². The Balaban J connectivity index is 0.000000123. The molecule has 20 aromatic rings. The van der Waals surface area contributed by atoms with E-state index in [4.69, 9.17) is 14.7 Å². The fourth-order valence-corrected chi connectivity index (χ4v) is 17.2. The van der Waals surface area contributed by atoms with E-state index in [2.05, 4.69) is 75.8 Å². The summed E-state index contributed by atoms with van der Waals surface area (Å²) in [5.74, 6) is 3.69. The molecular formula is C101H83F14N27O5. The Morgan fingerprint density at radius 3 is 1.07 bits per heavy atom. The molecule has 2 aliphatic carbocycles. The number of hydrogen-bond donors (Lipinski definition) is 1. The van der Waals surface area contributed by atoms with Crippen molar-refractivity contribution in [2.45, 2.75) is 102 Å². The van der Waals surface area contributed by atoms with E-state index >= 15 is 0 Å². The van der Waals surface area contributed by atoms with Gasteiger partial charge in [-0.05, 0) is 96.7 Å². The number of methoxy groups -OCH3 is 1. The number of aromatic nitrogens is 27. The SMILES string of the molecule is COc1ccc(-c2ncc3[nH]c(=O)n(Cc4ccc(-c5nc(C(F)(F)F)cn5C)cc4)c3n2)c(C)n1.Cn1cc(C(F)(F)F)nc1-c1ccc(Cn2c(=O)n(C)c3cnc(-c4ccccc4C4CC4)nc32)cc1.Cn1cc(C(F)(F)F)nc1-c1ccc(Cn2c(=O)n(C)c3cnc(-c4cccnc4C(F)F)nc32)cc1.Cn1cc(C(F)(F)F)nc1-c1ccc(Cn2c(=O)n(C)c3cnc(-c4cccnc4C4CC4)nc32)cc1. The Bertz CT molecular complexity index is 8100. The Hall–Kier alpha value is -17.4. The lowest BCUT2D eigenvalue weighted by Gasteiger charge is -2.09. The van der Waals surface area contributed by atoms with Gasteiger partial charge in [-0.25, -0.2) is 92.8 Å². The maximum atomic E-state index is 13.5. The van der Waals surface area contributed by atoms with Gasteiger partial charge in [0.1, 0.15) is 51.1 Å². The van der Waals surface area contributed by atoms with Gasteiger partial charge in [-0.2, -0.15) is 52.7 Å². The van der Waals surface area contributed by atoms with Crippen molar-refractivity contribution in [1.82, 2.24) is 130 Å². The second kappa shape index (κ2) is 38.7. The lowest BCUT2D eigenvalue weighted by Crippen LogP contribution is -2.22. The van der Waals surface area contributed by atoms with Crippen LogP contribution in [-0.4, -0.2) is 137 Å². The number of nitrogens with one attached hydrogen (secondary N) is 1. The average Bonchev–Trinajstić information content (AvgIpc) is 1.63. The number of pyridine rings is 3. The minimum Gasteiger partial charge on any atom is -0.481 e. The number of alkyl halides is 14. The molecule has 0 unspecified atom stereocenters. The van der Waals surface area contributed by atoms with Gasteiger partial charge < -0.3 is 28.0 Å². The zero-order chi connectivity index (χ0) is 104. The summed E-state index contributed by atoms with van der Waals surface area (Å²) < 4.78 is 204. The summed E-state index contributed by atoms with van der Waals surface area (Å²) in [7, 11) is 12.5. The van der Waals surface area contributed by atoms with E-state index in [0.717, 1.165) is 84.0 Å². The van der Waals surface area contributed by atoms with Crippen LogP contribution in [0.2, 0.25) is 0 Å².